The maximum Gasteiger partial charge on any atom is 0.326 e. The van der Waals surface area contributed by atoms with Gasteiger partial charge in [0.15, 0.2) is 0 Å². The number of likely N-dealkylation sites (N-methyl/N-ethyl adjacent to an activating group) is 1. The van der Waals surface area contributed by atoms with Gasteiger partial charge < -0.3 is 9.64 Å². The molecule has 1 saturated heterocycles. The first-order valence-corrected chi connectivity index (χ1v) is 10.7. The third-order valence-electron chi connectivity index (χ3n) is 6.87. The van der Waals surface area contributed by atoms with Crippen LogP contribution in [0.5, 0.6) is 0 Å². The molecule has 6 heteroatoms. The highest BCUT2D eigenvalue weighted by atomic mass is 16.5. The summed E-state index contributed by atoms with van der Waals surface area (Å²) in [6.07, 6.45) is 4.18. The Labute approximate surface area is 187 Å². The molecule has 1 aromatic heterocycles. The number of hydrogen-bond acceptors (Lipinski definition) is 5. The number of amides is 1. The summed E-state index contributed by atoms with van der Waals surface area (Å²) in [4.78, 5) is 33.3. The van der Waals surface area contributed by atoms with Crippen LogP contribution in [-0.2, 0) is 26.2 Å². The fraction of sp³-hybridized carbons (Fsp3) is 0.269. The van der Waals surface area contributed by atoms with Crippen molar-refractivity contribution in [3.63, 3.8) is 0 Å². The maximum absolute atomic E-state index is 13.9. The van der Waals surface area contributed by atoms with Crippen molar-refractivity contribution in [3.8, 4) is 0 Å². The summed E-state index contributed by atoms with van der Waals surface area (Å²) < 4.78 is 5.30. The van der Waals surface area contributed by atoms with E-state index in [0.717, 1.165) is 22.4 Å². The number of pyridine rings is 1. The quantitative estimate of drug-likeness (QED) is 0.648. The Morgan fingerprint density at radius 1 is 1.12 bits per heavy atom. The van der Waals surface area contributed by atoms with E-state index in [1.807, 2.05) is 66.7 Å². The number of carbonyl (C=O) groups is 2. The molecule has 1 amide bonds. The summed E-state index contributed by atoms with van der Waals surface area (Å²) >= 11 is 0. The Kier molecular flexibility index (Phi) is 4.82. The summed E-state index contributed by atoms with van der Waals surface area (Å²) in [5.41, 5.74) is 1.65. The molecule has 0 bridgehead atoms. The van der Waals surface area contributed by atoms with E-state index in [0.29, 0.717) is 12.8 Å². The number of methoxy groups -OCH3 is 1. The van der Waals surface area contributed by atoms with Crippen LogP contribution in [0.4, 0.5) is 5.69 Å². The van der Waals surface area contributed by atoms with Crippen LogP contribution in [0.25, 0.3) is 0 Å². The second kappa shape index (κ2) is 7.57. The number of para-hydroxylation sites is 1. The average molecular weight is 428 g/mol. The molecule has 3 heterocycles. The smallest absolute Gasteiger partial charge is 0.326 e. The Morgan fingerprint density at radius 2 is 1.88 bits per heavy atom. The Bertz CT molecular complexity index is 1170. The molecule has 3 aromatic rings. The fourth-order valence-electron chi connectivity index (χ4n) is 5.52. The molecule has 0 aliphatic carbocycles. The summed E-state index contributed by atoms with van der Waals surface area (Å²) in [6.45, 7) is 0. The minimum Gasteiger partial charge on any atom is -0.468 e. The zero-order valence-electron chi connectivity index (χ0n) is 18.1. The van der Waals surface area contributed by atoms with Crippen LogP contribution < -0.4 is 10.2 Å². The third kappa shape index (κ3) is 2.87. The van der Waals surface area contributed by atoms with E-state index in [2.05, 4.69) is 10.3 Å². The van der Waals surface area contributed by atoms with Crippen LogP contribution in [0.3, 0.4) is 0 Å². The number of aromatic nitrogens is 1. The topological polar surface area (TPSA) is 71.5 Å². The van der Waals surface area contributed by atoms with Gasteiger partial charge in [0.05, 0.1) is 18.6 Å². The normalized spacial score (nSPS) is 26.4. The zero-order valence-corrected chi connectivity index (χ0v) is 18.1. The van der Waals surface area contributed by atoms with Crippen molar-refractivity contribution in [2.75, 3.05) is 19.1 Å². The molecule has 1 spiro atoms. The highest BCUT2D eigenvalue weighted by Crippen LogP contribution is 2.57. The molecule has 5 rings (SSSR count). The van der Waals surface area contributed by atoms with Gasteiger partial charge in [-0.15, -0.1) is 0 Å². The van der Waals surface area contributed by atoms with E-state index in [9.17, 15) is 9.59 Å². The number of hydrogen-bond donors (Lipinski definition) is 1. The highest BCUT2D eigenvalue weighted by molar-refractivity contribution is 6.09. The second-order valence-electron chi connectivity index (χ2n) is 8.63. The molecular formula is C26H25N3O3. The minimum absolute atomic E-state index is 0.0288. The van der Waals surface area contributed by atoms with Gasteiger partial charge in [0.25, 0.3) is 0 Å². The average Bonchev–Trinajstić information content (AvgIpc) is 3.30. The molecule has 0 saturated carbocycles. The monoisotopic (exact) mass is 427 g/mol. The summed E-state index contributed by atoms with van der Waals surface area (Å²) in [5, 5.41) is 3.58. The first-order chi connectivity index (χ1) is 15.5. The fourth-order valence-corrected chi connectivity index (χ4v) is 5.52. The van der Waals surface area contributed by atoms with Gasteiger partial charge in [0.1, 0.15) is 5.54 Å². The number of nitrogens with zero attached hydrogens (tertiary/aromatic N) is 2. The van der Waals surface area contributed by atoms with Gasteiger partial charge in [0, 0.05) is 31.5 Å². The predicted molar refractivity (Wildman–Crippen MR) is 121 cm³/mol. The van der Waals surface area contributed by atoms with Gasteiger partial charge in [-0.05, 0) is 35.2 Å². The lowest BCUT2D eigenvalue weighted by Crippen LogP contribution is -2.50. The molecule has 0 radical (unpaired) electrons. The van der Waals surface area contributed by atoms with Gasteiger partial charge in [-0.2, -0.15) is 0 Å². The molecule has 32 heavy (non-hydrogen) atoms. The SMILES string of the molecule is COC(=O)C1(Cc2ccccc2)C[C@]2(C(=O)N(C)c3ccccc32)[C@H](c2cccnc2)N1. The number of fused-ring (bicyclic) bond motifs is 2. The third-order valence-corrected chi connectivity index (χ3v) is 6.87. The second-order valence-corrected chi connectivity index (χ2v) is 8.63. The van der Waals surface area contributed by atoms with E-state index in [4.69, 9.17) is 4.74 Å². The molecule has 1 fully saturated rings. The molecule has 2 aromatic carbocycles. The van der Waals surface area contributed by atoms with Crippen LogP contribution in [-0.4, -0.2) is 36.6 Å². The van der Waals surface area contributed by atoms with Crippen LogP contribution in [0, 0.1) is 0 Å². The van der Waals surface area contributed by atoms with Gasteiger partial charge >= 0.3 is 5.97 Å². The lowest BCUT2D eigenvalue weighted by atomic mass is 9.70. The Morgan fingerprint density at radius 3 is 2.59 bits per heavy atom. The van der Waals surface area contributed by atoms with E-state index >= 15 is 0 Å². The number of benzene rings is 2. The molecule has 162 valence electrons. The molecular weight excluding hydrogens is 402 g/mol. The summed E-state index contributed by atoms with van der Waals surface area (Å²) in [6, 6.07) is 21.0. The molecule has 6 nitrogen and oxygen atoms in total. The Hall–Kier alpha value is -3.51. The largest absolute Gasteiger partial charge is 0.468 e. The summed E-state index contributed by atoms with van der Waals surface area (Å²) in [5.74, 6) is -0.397. The molecule has 1 N–H and O–H groups in total. The van der Waals surface area contributed by atoms with Crippen molar-refractivity contribution >= 4 is 17.6 Å². The van der Waals surface area contributed by atoms with Crippen molar-refractivity contribution < 1.29 is 14.3 Å². The molecule has 2 aliphatic rings. The Balaban J connectivity index is 1.72. The number of esters is 1. The molecule has 1 unspecified atom stereocenters. The number of rotatable bonds is 4. The van der Waals surface area contributed by atoms with Crippen molar-refractivity contribution in [3.05, 3.63) is 95.8 Å². The first-order valence-electron chi connectivity index (χ1n) is 10.7. The standard InChI is InChI=1S/C26H25N3O3/c1-29-21-13-7-6-12-20(21)26(23(29)30)17-25(24(31)32-2,15-18-9-4-3-5-10-18)28-22(26)19-11-8-14-27-16-19/h3-14,16,22,28H,15,17H2,1-2H3/t22-,25?,26+/m0/s1. The van der Waals surface area contributed by atoms with Crippen LogP contribution in [0.2, 0.25) is 0 Å². The number of ether oxygens (including phenoxy) is 1. The van der Waals surface area contributed by atoms with Crippen molar-refractivity contribution in [1.82, 2.24) is 10.3 Å². The van der Waals surface area contributed by atoms with E-state index in [1.54, 1.807) is 24.3 Å². The van der Waals surface area contributed by atoms with E-state index in [1.165, 1.54) is 7.11 Å². The molecule has 3 atom stereocenters. The van der Waals surface area contributed by atoms with Gasteiger partial charge in [-0.1, -0.05) is 54.6 Å². The van der Waals surface area contributed by atoms with Crippen molar-refractivity contribution in [1.29, 1.82) is 0 Å². The van der Waals surface area contributed by atoms with Crippen LogP contribution in [0.15, 0.2) is 79.1 Å². The maximum atomic E-state index is 13.9. The van der Waals surface area contributed by atoms with Gasteiger partial charge in [-0.25, -0.2) is 0 Å². The highest BCUT2D eigenvalue weighted by Gasteiger charge is 2.66. The minimum atomic E-state index is -1.06. The van der Waals surface area contributed by atoms with E-state index in [-0.39, 0.29) is 11.9 Å². The lowest BCUT2D eigenvalue weighted by Gasteiger charge is -2.30. The van der Waals surface area contributed by atoms with Crippen molar-refractivity contribution in [2.45, 2.75) is 29.8 Å². The predicted octanol–water partition coefficient (Wildman–Crippen LogP) is 3.18. The number of carbonyl (C=O) groups excluding carboxylic acids is 2. The van der Waals surface area contributed by atoms with Crippen LogP contribution >= 0.6 is 0 Å². The summed E-state index contributed by atoms with van der Waals surface area (Å²) in [7, 11) is 3.20. The first kappa shape index (κ1) is 20.4. The van der Waals surface area contributed by atoms with E-state index < -0.39 is 17.0 Å². The van der Waals surface area contributed by atoms with Crippen molar-refractivity contribution in [2.24, 2.45) is 0 Å². The lowest BCUT2D eigenvalue weighted by molar-refractivity contribution is -0.148. The molecule has 2 aliphatic heterocycles. The van der Waals surface area contributed by atoms with Gasteiger partial charge in [-0.3, -0.25) is 19.9 Å². The number of nitrogens with one attached hydrogen (secondary N) is 1. The van der Waals surface area contributed by atoms with Crippen LogP contribution in [0.1, 0.15) is 29.2 Å². The zero-order chi connectivity index (χ0) is 22.3. The number of anilines is 1. The van der Waals surface area contributed by atoms with Gasteiger partial charge in [0.2, 0.25) is 5.91 Å².